The molecule has 0 radical (unpaired) electrons. The minimum absolute atomic E-state index is 0.0905. The zero-order chi connectivity index (χ0) is 14.4. The molecule has 2 rings (SSSR count). The van der Waals surface area contributed by atoms with Crippen molar-refractivity contribution in [2.24, 2.45) is 5.92 Å². The highest BCUT2D eigenvalue weighted by Gasteiger charge is 2.28. The standard InChI is InChI=1S/C17H25NO2/c1-2-15(16(19)13-9-5-3-6-10-13)18-17(20)14-11-7-4-8-12-14/h4,7-8,11-13,15-16,19H,2-3,5-6,9-10H2,1H3,(H,18,20)/t15-,16+/m1/s1. The first kappa shape index (κ1) is 15.0. The van der Waals surface area contributed by atoms with Gasteiger partial charge < -0.3 is 10.4 Å². The van der Waals surface area contributed by atoms with E-state index in [-0.39, 0.29) is 11.9 Å². The first-order chi connectivity index (χ1) is 9.72. The van der Waals surface area contributed by atoms with E-state index in [1.165, 1.54) is 19.3 Å². The van der Waals surface area contributed by atoms with Crippen molar-refractivity contribution in [3.8, 4) is 0 Å². The summed E-state index contributed by atoms with van der Waals surface area (Å²) >= 11 is 0. The number of aliphatic hydroxyl groups excluding tert-OH is 1. The van der Waals surface area contributed by atoms with E-state index < -0.39 is 6.10 Å². The van der Waals surface area contributed by atoms with Gasteiger partial charge in [-0.3, -0.25) is 4.79 Å². The lowest BCUT2D eigenvalue weighted by atomic mass is 9.82. The largest absolute Gasteiger partial charge is 0.391 e. The minimum atomic E-state index is -0.423. The Bertz CT molecular complexity index is 412. The highest BCUT2D eigenvalue weighted by Crippen LogP contribution is 2.28. The van der Waals surface area contributed by atoms with E-state index in [2.05, 4.69) is 5.32 Å². The molecular formula is C17H25NO2. The number of amides is 1. The van der Waals surface area contributed by atoms with E-state index in [0.29, 0.717) is 11.5 Å². The van der Waals surface area contributed by atoms with E-state index in [9.17, 15) is 9.90 Å². The fourth-order valence-electron chi connectivity index (χ4n) is 3.07. The second-order valence-corrected chi connectivity index (χ2v) is 5.74. The average Bonchev–Trinajstić information content (AvgIpc) is 2.53. The Hall–Kier alpha value is -1.35. The van der Waals surface area contributed by atoms with E-state index in [1.807, 2.05) is 25.1 Å². The summed E-state index contributed by atoms with van der Waals surface area (Å²) in [7, 11) is 0. The smallest absolute Gasteiger partial charge is 0.251 e. The van der Waals surface area contributed by atoms with E-state index in [4.69, 9.17) is 0 Å². The Morgan fingerprint density at radius 3 is 2.50 bits per heavy atom. The van der Waals surface area contributed by atoms with E-state index in [0.717, 1.165) is 19.3 Å². The molecule has 20 heavy (non-hydrogen) atoms. The number of carbonyl (C=O) groups is 1. The molecule has 2 N–H and O–H groups in total. The first-order valence-electron chi connectivity index (χ1n) is 7.76. The number of aliphatic hydroxyl groups is 1. The maximum Gasteiger partial charge on any atom is 0.251 e. The predicted molar refractivity (Wildman–Crippen MR) is 80.6 cm³/mol. The Labute approximate surface area is 121 Å². The molecule has 1 fully saturated rings. The molecule has 0 bridgehead atoms. The molecule has 0 aliphatic heterocycles. The molecule has 1 aromatic carbocycles. The molecule has 0 saturated heterocycles. The fourth-order valence-corrected chi connectivity index (χ4v) is 3.07. The minimum Gasteiger partial charge on any atom is -0.391 e. The molecule has 3 nitrogen and oxygen atoms in total. The van der Waals surface area contributed by atoms with Crippen molar-refractivity contribution < 1.29 is 9.90 Å². The number of nitrogens with one attached hydrogen (secondary N) is 1. The summed E-state index contributed by atoms with van der Waals surface area (Å²) < 4.78 is 0. The van der Waals surface area contributed by atoms with Gasteiger partial charge >= 0.3 is 0 Å². The Balaban J connectivity index is 1.95. The van der Waals surface area contributed by atoms with Crippen LogP contribution in [0.4, 0.5) is 0 Å². The van der Waals surface area contributed by atoms with Gasteiger partial charge in [0, 0.05) is 5.56 Å². The van der Waals surface area contributed by atoms with Gasteiger partial charge in [-0.05, 0) is 37.3 Å². The maximum atomic E-state index is 12.2. The summed E-state index contributed by atoms with van der Waals surface area (Å²) in [6, 6.07) is 9.06. The molecular weight excluding hydrogens is 250 g/mol. The molecule has 1 aromatic rings. The van der Waals surface area contributed by atoms with E-state index in [1.54, 1.807) is 12.1 Å². The summed E-state index contributed by atoms with van der Waals surface area (Å²) in [6.45, 7) is 2.02. The molecule has 0 spiro atoms. The molecule has 0 aromatic heterocycles. The summed E-state index contributed by atoms with van der Waals surface area (Å²) in [6.07, 6.45) is 6.17. The van der Waals surface area contributed by atoms with Crippen LogP contribution in [0.3, 0.4) is 0 Å². The second-order valence-electron chi connectivity index (χ2n) is 5.74. The topological polar surface area (TPSA) is 49.3 Å². The quantitative estimate of drug-likeness (QED) is 0.867. The average molecular weight is 275 g/mol. The SMILES string of the molecule is CC[C@@H](NC(=O)c1ccccc1)[C@@H](O)C1CCCCC1. The Morgan fingerprint density at radius 2 is 1.90 bits per heavy atom. The monoisotopic (exact) mass is 275 g/mol. The third-order valence-corrected chi connectivity index (χ3v) is 4.34. The van der Waals surface area contributed by atoms with Gasteiger partial charge in [-0.1, -0.05) is 44.4 Å². The molecule has 0 unspecified atom stereocenters. The van der Waals surface area contributed by atoms with Crippen molar-refractivity contribution in [2.75, 3.05) is 0 Å². The van der Waals surface area contributed by atoms with Crippen LogP contribution >= 0.6 is 0 Å². The highest BCUT2D eigenvalue weighted by atomic mass is 16.3. The summed E-state index contributed by atoms with van der Waals surface area (Å²) in [5, 5.41) is 13.5. The summed E-state index contributed by atoms with van der Waals surface area (Å²) in [4.78, 5) is 12.2. The lowest BCUT2D eigenvalue weighted by molar-refractivity contribution is 0.0451. The van der Waals surface area contributed by atoms with Crippen LogP contribution in [0.2, 0.25) is 0 Å². The Morgan fingerprint density at radius 1 is 1.25 bits per heavy atom. The number of benzene rings is 1. The van der Waals surface area contributed by atoms with Crippen LogP contribution in [-0.4, -0.2) is 23.2 Å². The van der Waals surface area contributed by atoms with Gasteiger partial charge in [-0.15, -0.1) is 0 Å². The Kier molecular flexibility index (Phi) is 5.60. The number of hydrogen-bond donors (Lipinski definition) is 2. The third-order valence-electron chi connectivity index (χ3n) is 4.34. The van der Waals surface area contributed by atoms with Gasteiger partial charge in [0.2, 0.25) is 0 Å². The van der Waals surface area contributed by atoms with Crippen LogP contribution in [0.25, 0.3) is 0 Å². The van der Waals surface area contributed by atoms with Gasteiger partial charge in [-0.25, -0.2) is 0 Å². The molecule has 1 aliphatic rings. The number of carbonyl (C=O) groups excluding carboxylic acids is 1. The molecule has 1 aliphatic carbocycles. The zero-order valence-corrected chi connectivity index (χ0v) is 12.2. The van der Waals surface area contributed by atoms with Crippen molar-refractivity contribution in [3.63, 3.8) is 0 Å². The van der Waals surface area contributed by atoms with Crippen LogP contribution in [0.5, 0.6) is 0 Å². The lowest BCUT2D eigenvalue weighted by Gasteiger charge is -2.32. The fraction of sp³-hybridized carbons (Fsp3) is 0.588. The second kappa shape index (κ2) is 7.44. The normalized spacial score (nSPS) is 19.3. The van der Waals surface area contributed by atoms with Gasteiger partial charge in [0.05, 0.1) is 12.1 Å². The zero-order valence-electron chi connectivity index (χ0n) is 12.2. The van der Waals surface area contributed by atoms with Crippen molar-refractivity contribution in [1.29, 1.82) is 0 Å². The van der Waals surface area contributed by atoms with Crippen LogP contribution < -0.4 is 5.32 Å². The molecule has 2 atom stereocenters. The van der Waals surface area contributed by atoms with Crippen molar-refractivity contribution in [2.45, 2.75) is 57.6 Å². The third kappa shape index (κ3) is 3.83. The van der Waals surface area contributed by atoms with Crippen LogP contribution in [-0.2, 0) is 0 Å². The molecule has 1 saturated carbocycles. The lowest BCUT2D eigenvalue weighted by Crippen LogP contribution is -2.46. The maximum absolute atomic E-state index is 12.2. The van der Waals surface area contributed by atoms with Crippen LogP contribution in [0, 0.1) is 5.92 Å². The van der Waals surface area contributed by atoms with Crippen molar-refractivity contribution >= 4 is 5.91 Å². The molecule has 110 valence electrons. The molecule has 1 amide bonds. The van der Waals surface area contributed by atoms with Gasteiger partial charge in [-0.2, -0.15) is 0 Å². The van der Waals surface area contributed by atoms with Crippen LogP contribution in [0.15, 0.2) is 30.3 Å². The molecule has 3 heteroatoms. The number of rotatable bonds is 5. The van der Waals surface area contributed by atoms with Crippen molar-refractivity contribution in [3.05, 3.63) is 35.9 Å². The number of hydrogen-bond acceptors (Lipinski definition) is 2. The predicted octanol–water partition coefficient (Wildman–Crippen LogP) is 3.14. The first-order valence-corrected chi connectivity index (χ1v) is 7.76. The molecule has 0 heterocycles. The van der Waals surface area contributed by atoms with E-state index >= 15 is 0 Å². The summed E-state index contributed by atoms with van der Waals surface area (Å²) in [5.74, 6) is 0.247. The van der Waals surface area contributed by atoms with Gasteiger partial charge in [0.1, 0.15) is 0 Å². The highest BCUT2D eigenvalue weighted by molar-refractivity contribution is 5.94. The van der Waals surface area contributed by atoms with Gasteiger partial charge in [0.15, 0.2) is 0 Å². The van der Waals surface area contributed by atoms with Gasteiger partial charge in [0.25, 0.3) is 5.91 Å². The van der Waals surface area contributed by atoms with Crippen LogP contribution in [0.1, 0.15) is 55.8 Å². The summed E-state index contributed by atoms with van der Waals surface area (Å²) in [5.41, 5.74) is 0.654. The van der Waals surface area contributed by atoms with Crippen molar-refractivity contribution in [1.82, 2.24) is 5.32 Å².